The molecule has 3 nitrogen and oxygen atoms in total. The first kappa shape index (κ1) is 15.1. The lowest BCUT2D eigenvalue weighted by atomic mass is 10.1. The van der Waals surface area contributed by atoms with E-state index in [4.69, 9.17) is 4.98 Å². The second kappa shape index (κ2) is 6.15. The summed E-state index contributed by atoms with van der Waals surface area (Å²) in [5.41, 5.74) is 3.89. The normalized spacial score (nSPS) is 10.4. The van der Waals surface area contributed by atoms with Crippen molar-refractivity contribution in [1.29, 1.82) is 0 Å². The van der Waals surface area contributed by atoms with Crippen molar-refractivity contribution in [3.8, 4) is 5.75 Å². The lowest BCUT2D eigenvalue weighted by Crippen LogP contribution is -1.94. The number of phenols is 1. The van der Waals surface area contributed by atoms with Crippen molar-refractivity contribution in [1.82, 2.24) is 4.98 Å². The van der Waals surface area contributed by atoms with Crippen LogP contribution in [0.4, 0.5) is 11.4 Å². The summed E-state index contributed by atoms with van der Waals surface area (Å²) in [7, 11) is 0. The first-order valence-corrected chi connectivity index (χ1v) is 7.15. The van der Waals surface area contributed by atoms with E-state index in [1.807, 2.05) is 48.5 Å². The zero-order valence-electron chi connectivity index (χ0n) is 12.2. The smallest absolute Gasteiger partial charge is 0.115 e. The molecule has 0 spiro atoms. The molecule has 0 saturated carbocycles. The molecule has 4 heteroatoms. The molecule has 0 atom stereocenters. The molecule has 0 aliphatic heterocycles. The number of nitrogens with one attached hydrogen (secondary N) is 1. The summed E-state index contributed by atoms with van der Waals surface area (Å²) in [5.74, 6) is 0.259. The van der Waals surface area contributed by atoms with E-state index >= 15 is 0 Å². The number of para-hydroxylation sites is 2. The maximum Gasteiger partial charge on any atom is 0.115 e. The predicted octanol–water partition coefficient (Wildman–Crippen LogP) is 5.26. The second-order valence-corrected chi connectivity index (χ2v) is 5.19. The van der Waals surface area contributed by atoms with E-state index in [1.54, 1.807) is 12.1 Å². The monoisotopic (exact) mass is 322 g/mol. The number of fused-ring (bicyclic) bond motifs is 2. The third-order valence-electron chi connectivity index (χ3n) is 3.72. The molecule has 114 valence electrons. The molecule has 4 aromatic rings. The zero-order chi connectivity index (χ0) is 14.9. The van der Waals surface area contributed by atoms with E-state index in [9.17, 15) is 5.11 Å². The minimum Gasteiger partial charge on any atom is -0.508 e. The van der Waals surface area contributed by atoms with Crippen molar-refractivity contribution < 1.29 is 5.11 Å². The molecule has 1 heterocycles. The van der Waals surface area contributed by atoms with Gasteiger partial charge >= 0.3 is 0 Å². The number of halogens is 1. The highest BCUT2D eigenvalue weighted by Crippen LogP contribution is 2.33. The Hall–Kier alpha value is -2.78. The Bertz CT molecular complexity index is 914. The van der Waals surface area contributed by atoms with Crippen LogP contribution in [0.5, 0.6) is 5.75 Å². The van der Waals surface area contributed by atoms with Gasteiger partial charge in [0.2, 0.25) is 0 Å². The lowest BCUT2D eigenvalue weighted by molar-refractivity contribution is 0.475. The van der Waals surface area contributed by atoms with Gasteiger partial charge in [0, 0.05) is 16.5 Å². The number of anilines is 2. The van der Waals surface area contributed by atoms with Crippen LogP contribution in [0.15, 0.2) is 72.8 Å². The molecule has 3 aromatic carbocycles. The molecular weight excluding hydrogens is 308 g/mol. The third kappa shape index (κ3) is 2.79. The molecule has 0 aliphatic carbocycles. The average Bonchev–Trinajstić information content (AvgIpc) is 2.56. The topological polar surface area (TPSA) is 45.1 Å². The number of hydrogen-bond acceptors (Lipinski definition) is 3. The minimum absolute atomic E-state index is 0. The fourth-order valence-corrected chi connectivity index (χ4v) is 2.66. The fraction of sp³-hybridized carbons (Fsp3) is 0. The van der Waals surface area contributed by atoms with E-state index in [1.165, 1.54) is 0 Å². The lowest BCUT2D eigenvalue weighted by Gasteiger charge is -2.13. The van der Waals surface area contributed by atoms with Gasteiger partial charge in [-0.3, -0.25) is 0 Å². The molecule has 4 rings (SSSR count). The highest BCUT2D eigenvalue weighted by molar-refractivity contribution is 6.08. The maximum atomic E-state index is 9.43. The second-order valence-electron chi connectivity index (χ2n) is 5.19. The van der Waals surface area contributed by atoms with Gasteiger partial charge in [0.1, 0.15) is 5.75 Å². The van der Waals surface area contributed by atoms with Crippen LogP contribution in [0.2, 0.25) is 0 Å². The highest BCUT2D eigenvalue weighted by atomic mass is 35.5. The van der Waals surface area contributed by atoms with Crippen molar-refractivity contribution in [3.05, 3.63) is 72.8 Å². The van der Waals surface area contributed by atoms with Crippen LogP contribution in [-0.4, -0.2) is 10.1 Å². The molecule has 23 heavy (non-hydrogen) atoms. The third-order valence-corrected chi connectivity index (χ3v) is 3.72. The summed E-state index contributed by atoms with van der Waals surface area (Å²) < 4.78 is 0. The summed E-state index contributed by atoms with van der Waals surface area (Å²) in [5, 5.41) is 15.1. The number of aromatic nitrogens is 1. The Labute approximate surface area is 140 Å². The number of benzene rings is 3. The van der Waals surface area contributed by atoms with Crippen LogP contribution in [0.25, 0.3) is 21.8 Å². The quantitative estimate of drug-likeness (QED) is 0.391. The van der Waals surface area contributed by atoms with Gasteiger partial charge in [0.25, 0.3) is 0 Å². The standard InChI is InChI=1S/C19H14N2O.ClH/c22-14-11-9-13(10-12-14)20-19-15-5-1-3-7-17(15)21-18-8-4-2-6-16(18)19;/h1-12,22H,(H,20,21);1H. The molecule has 0 radical (unpaired) electrons. The van der Waals surface area contributed by atoms with Crippen LogP contribution in [0.1, 0.15) is 0 Å². The average molecular weight is 323 g/mol. The Morgan fingerprint density at radius 1 is 0.696 bits per heavy atom. The molecule has 0 bridgehead atoms. The van der Waals surface area contributed by atoms with Gasteiger partial charge in [0.05, 0.1) is 16.7 Å². The maximum absolute atomic E-state index is 9.43. The number of phenolic OH excluding ortho intramolecular Hbond substituents is 1. The summed E-state index contributed by atoms with van der Waals surface area (Å²) in [6.45, 7) is 0. The first-order valence-electron chi connectivity index (χ1n) is 7.15. The molecule has 0 aliphatic rings. The minimum atomic E-state index is 0. The Kier molecular flexibility index (Phi) is 4.04. The van der Waals surface area contributed by atoms with E-state index < -0.39 is 0 Å². The molecule has 0 fully saturated rings. The molecule has 2 N–H and O–H groups in total. The Balaban J connectivity index is 0.00000156. The van der Waals surface area contributed by atoms with Gasteiger partial charge in [-0.2, -0.15) is 0 Å². The van der Waals surface area contributed by atoms with E-state index in [0.29, 0.717) is 0 Å². The molecule has 0 saturated heterocycles. The summed E-state index contributed by atoms with van der Waals surface area (Å²) in [4.78, 5) is 4.71. The van der Waals surface area contributed by atoms with Gasteiger partial charge in [-0.15, -0.1) is 12.4 Å². The Morgan fingerprint density at radius 2 is 1.22 bits per heavy atom. The van der Waals surface area contributed by atoms with Gasteiger partial charge in [-0.05, 0) is 36.4 Å². The van der Waals surface area contributed by atoms with Crippen molar-refractivity contribution >= 4 is 45.6 Å². The largest absolute Gasteiger partial charge is 0.508 e. The zero-order valence-corrected chi connectivity index (χ0v) is 13.0. The molecule has 0 unspecified atom stereocenters. The van der Waals surface area contributed by atoms with Crippen molar-refractivity contribution in [2.24, 2.45) is 0 Å². The number of aromatic hydroxyl groups is 1. The van der Waals surface area contributed by atoms with Crippen molar-refractivity contribution in [2.75, 3.05) is 5.32 Å². The summed E-state index contributed by atoms with van der Waals surface area (Å²) in [6.07, 6.45) is 0. The van der Waals surface area contributed by atoms with Gasteiger partial charge < -0.3 is 10.4 Å². The number of nitrogens with zero attached hydrogens (tertiary/aromatic N) is 1. The van der Waals surface area contributed by atoms with Gasteiger partial charge in [0.15, 0.2) is 0 Å². The molecular formula is C19H15ClN2O. The number of pyridine rings is 1. The van der Waals surface area contributed by atoms with Gasteiger partial charge in [-0.25, -0.2) is 4.98 Å². The van der Waals surface area contributed by atoms with Crippen LogP contribution < -0.4 is 5.32 Å². The molecule has 0 amide bonds. The predicted molar refractivity (Wildman–Crippen MR) is 97.9 cm³/mol. The summed E-state index contributed by atoms with van der Waals surface area (Å²) in [6, 6.07) is 23.3. The first-order chi connectivity index (χ1) is 10.8. The van der Waals surface area contributed by atoms with Gasteiger partial charge in [-0.1, -0.05) is 36.4 Å². The Morgan fingerprint density at radius 3 is 1.78 bits per heavy atom. The van der Waals surface area contributed by atoms with Crippen molar-refractivity contribution in [3.63, 3.8) is 0 Å². The van der Waals surface area contributed by atoms with E-state index in [-0.39, 0.29) is 18.2 Å². The van der Waals surface area contributed by atoms with Crippen LogP contribution >= 0.6 is 12.4 Å². The highest BCUT2D eigenvalue weighted by Gasteiger charge is 2.08. The van der Waals surface area contributed by atoms with E-state index in [2.05, 4.69) is 17.4 Å². The van der Waals surface area contributed by atoms with Crippen LogP contribution in [-0.2, 0) is 0 Å². The fourth-order valence-electron chi connectivity index (χ4n) is 2.66. The number of hydrogen-bond donors (Lipinski definition) is 2. The number of rotatable bonds is 2. The van der Waals surface area contributed by atoms with E-state index in [0.717, 1.165) is 33.2 Å². The van der Waals surface area contributed by atoms with Crippen LogP contribution in [0, 0.1) is 0 Å². The molecule has 1 aromatic heterocycles. The summed E-state index contributed by atoms with van der Waals surface area (Å²) >= 11 is 0. The SMILES string of the molecule is Cl.Oc1ccc(Nc2c3ccccc3nc3ccccc23)cc1. The van der Waals surface area contributed by atoms with Crippen LogP contribution in [0.3, 0.4) is 0 Å². The van der Waals surface area contributed by atoms with Crippen molar-refractivity contribution in [2.45, 2.75) is 0 Å².